The van der Waals surface area contributed by atoms with Crippen molar-refractivity contribution >= 4 is 16.5 Å². The summed E-state index contributed by atoms with van der Waals surface area (Å²) < 4.78 is 20.4. The van der Waals surface area contributed by atoms with E-state index in [9.17, 15) is 4.39 Å². The van der Waals surface area contributed by atoms with Gasteiger partial charge in [-0.15, -0.1) is 0 Å². The Labute approximate surface area is 135 Å². The fourth-order valence-corrected chi connectivity index (χ4v) is 4.03. The van der Waals surface area contributed by atoms with Crippen LogP contribution in [0.2, 0.25) is 0 Å². The van der Waals surface area contributed by atoms with Crippen LogP contribution >= 0.6 is 0 Å². The summed E-state index contributed by atoms with van der Waals surface area (Å²) in [4.78, 5) is 6.73. The Kier molecular flexibility index (Phi) is 3.38. The number of benzene rings is 1. The third-order valence-corrected chi connectivity index (χ3v) is 5.33. The number of ether oxygens (including phenoxy) is 1. The van der Waals surface area contributed by atoms with Crippen LogP contribution in [0, 0.1) is 6.92 Å². The Hall–Kier alpha value is -1.94. The van der Waals surface area contributed by atoms with E-state index in [2.05, 4.69) is 9.88 Å². The molecule has 2 aliphatic heterocycles. The number of nitrogens with zero attached hydrogens (tertiary/aromatic N) is 2. The van der Waals surface area contributed by atoms with Crippen molar-refractivity contribution in [3.63, 3.8) is 0 Å². The van der Waals surface area contributed by atoms with Gasteiger partial charge >= 0.3 is 0 Å². The highest BCUT2D eigenvalue weighted by Gasteiger charge is 2.39. The predicted molar refractivity (Wildman–Crippen MR) is 90.3 cm³/mol. The summed E-state index contributed by atoms with van der Waals surface area (Å²) in [5.41, 5.74) is 3.64. The predicted octanol–water partition coefficient (Wildman–Crippen LogP) is 4.10. The van der Waals surface area contributed by atoms with Gasteiger partial charge in [-0.3, -0.25) is 9.88 Å². The first-order valence-electron chi connectivity index (χ1n) is 8.14. The standard InChI is InChI=1S/C19H21FN2O/c1-11-8-18(23-3)15-9-12(4-6-16(15)21-11)14-10-13-5-7-17(19(14)20)22(13)2/h4,6,8-9,13,17H,5,7,10H2,1-3H3. The molecular formula is C19H21FN2O. The molecule has 0 N–H and O–H groups in total. The number of hydrogen-bond acceptors (Lipinski definition) is 3. The van der Waals surface area contributed by atoms with Crippen LogP contribution in [-0.4, -0.2) is 36.1 Å². The van der Waals surface area contributed by atoms with Gasteiger partial charge in [0.2, 0.25) is 0 Å². The molecule has 3 heterocycles. The summed E-state index contributed by atoms with van der Waals surface area (Å²) in [6.45, 7) is 1.95. The van der Waals surface area contributed by atoms with Gasteiger partial charge in [-0.05, 0) is 56.5 Å². The van der Waals surface area contributed by atoms with Gasteiger partial charge in [0, 0.05) is 23.2 Å². The van der Waals surface area contributed by atoms with Crippen molar-refractivity contribution < 1.29 is 9.13 Å². The van der Waals surface area contributed by atoms with Crippen molar-refractivity contribution in [2.45, 2.75) is 38.3 Å². The van der Waals surface area contributed by atoms with Crippen LogP contribution in [0.3, 0.4) is 0 Å². The van der Waals surface area contributed by atoms with E-state index in [1.165, 1.54) is 0 Å². The zero-order valence-electron chi connectivity index (χ0n) is 13.8. The number of methoxy groups -OCH3 is 1. The van der Waals surface area contributed by atoms with Crippen LogP contribution in [0.15, 0.2) is 30.1 Å². The average molecular weight is 312 g/mol. The molecule has 0 amide bonds. The Bertz CT molecular complexity index is 814. The second kappa shape index (κ2) is 5.31. The summed E-state index contributed by atoms with van der Waals surface area (Å²) in [6, 6.07) is 8.34. The molecule has 4 heteroatoms. The lowest BCUT2D eigenvalue weighted by Gasteiger charge is -2.32. The molecule has 1 aromatic carbocycles. The lowest BCUT2D eigenvalue weighted by molar-refractivity contribution is 0.230. The monoisotopic (exact) mass is 312 g/mol. The van der Waals surface area contributed by atoms with Gasteiger partial charge in [-0.1, -0.05) is 6.07 Å². The van der Waals surface area contributed by atoms with Gasteiger partial charge < -0.3 is 4.74 Å². The normalized spacial score (nSPS) is 24.5. The van der Waals surface area contributed by atoms with Crippen molar-refractivity contribution in [3.05, 3.63) is 41.3 Å². The van der Waals surface area contributed by atoms with Crippen molar-refractivity contribution in [2.75, 3.05) is 14.2 Å². The molecule has 2 atom stereocenters. The van der Waals surface area contributed by atoms with Crippen LogP contribution in [0.1, 0.15) is 30.5 Å². The topological polar surface area (TPSA) is 25.4 Å². The highest BCUT2D eigenvalue weighted by molar-refractivity contribution is 5.89. The van der Waals surface area contributed by atoms with Gasteiger partial charge in [0.15, 0.2) is 0 Å². The zero-order valence-corrected chi connectivity index (χ0v) is 13.8. The number of aryl methyl sites for hydroxylation is 1. The van der Waals surface area contributed by atoms with Crippen molar-refractivity contribution in [3.8, 4) is 5.75 Å². The molecule has 2 unspecified atom stereocenters. The minimum atomic E-state index is -0.0440. The van der Waals surface area contributed by atoms with E-state index < -0.39 is 0 Å². The van der Waals surface area contributed by atoms with E-state index >= 15 is 0 Å². The first kappa shape index (κ1) is 14.6. The van der Waals surface area contributed by atoms with Crippen LogP contribution < -0.4 is 4.74 Å². The Morgan fingerprint density at radius 1 is 1.26 bits per heavy atom. The molecule has 3 nitrogen and oxygen atoms in total. The summed E-state index contributed by atoms with van der Waals surface area (Å²) >= 11 is 0. The van der Waals surface area contributed by atoms with Gasteiger partial charge in [-0.25, -0.2) is 4.39 Å². The highest BCUT2D eigenvalue weighted by Crippen LogP contribution is 2.43. The van der Waals surface area contributed by atoms with Crippen LogP contribution in [0.5, 0.6) is 5.75 Å². The minimum absolute atomic E-state index is 0.0413. The summed E-state index contributed by atoms with van der Waals surface area (Å²) in [6.07, 6.45) is 2.79. The van der Waals surface area contributed by atoms with Crippen molar-refractivity contribution in [1.82, 2.24) is 9.88 Å². The average Bonchev–Trinajstić information content (AvgIpc) is 2.81. The SMILES string of the molecule is COc1cc(C)nc2ccc(C3=C(F)C4CCC(C3)N4C)cc12. The molecule has 0 aliphatic carbocycles. The number of fused-ring (bicyclic) bond motifs is 3. The quantitative estimate of drug-likeness (QED) is 0.835. The molecule has 4 rings (SSSR count). The molecule has 1 saturated heterocycles. The van der Waals surface area contributed by atoms with Gasteiger partial charge in [-0.2, -0.15) is 0 Å². The van der Waals surface area contributed by atoms with Crippen LogP contribution in [-0.2, 0) is 0 Å². The number of likely N-dealkylation sites (N-methyl/N-ethyl adjacent to an activating group) is 1. The zero-order chi connectivity index (χ0) is 16.1. The molecule has 0 spiro atoms. The maximum absolute atomic E-state index is 14.9. The largest absolute Gasteiger partial charge is 0.496 e. The molecule has 0 radical (unpaired) electrons. The number of pyridine rings is 1. The van der Waals surface area contributed by atoms with E-state index in [1.807, 2.05) is 38.2 Å². The maximum atomic E-state index is 14.9. The lowest BCUT2D eigenvalue weighted by atomic mass is 9.93. The fraction of sp³-hybridized carbons (Fsp3) is 0.421. The smallest absolute Gasteiger partial charge is 0.130 e. The molecule has 1 fully saturated rings. The highest BCUT2D eigenvalue weighted by atomic mass is 19.1. The molecule has 0 saturated carbocycles. The summed E-state index contributed by atoms with van der Waals surface area (Å²) in [5, 5.41) is 0.946. The fourth-order valence-electron chi connectivity index (χ4n) is 4.03. The van der Waals surface area contributed by atoms with Crippen LogP contribution in [0.4, 0.5) is 4.39 Å². The number of rotatable bonds is 2. The second-order valence-corrected chi connectivity index (χ2v) is 6.64. The third-order valence-electron chi connectivity index (χ3n) is 5.33. The first-order valence-corrected chi connectivity index (χ1v) is 8.14. The van der Waals surface area contributed by atoms with Crippen LogP contribution in [0.25, 0.3) is 16.5 Å². The van der Waals surface area contributed by atoms with E-state index in [4.69, 9.17) is 4.74 Å². The molecular weight excluding hydrogens is 291 g/mol. The molecule has 2 aliphatic rings. The van der Waals surface area contributed by atoms with Gasteiger partial charge in [0.1, 0.15) is 11.6 Å². The Morgan fingerprint density at radius 3 is 2.87 bits per heavy atom. The van der Waals surface area contributed by atoms with Crippen molar-refractivity contribution in [2.24, 2.45) is 0 Å². The maximum Gasteiger partial charge on any atom is 0.130 e. The summed E-state index contributed by atoms with van der Waals surface area (Å²) in [5.74, 6) is 0.839. The van der Waals surface area contributed by atoms with Gasteiger partial charge in [0.25, 0.3) is 0 Å². The lowest BCUT2D eigenvalue weighted by Crippen LogP contribution is -2.36. The minimum Gasteiger partial charge on any atom is -0.496 e. The molecule has 1 aromatic heterocycles. The number of hydrogen-bond donors (Lipinski definition) is 0. The molecule has 120 valence electrons. The van der Waals surface area contributed by atoms with E-state index in [0.29, 0.717) is 6.04 Å². The van der Waals surface area contributed by atoms with E-state index in [1.54, 1.807) is 7.11 Å². The number of halogens is 1. The summed E-state index contributed by atoms with van der Waals surface area (Å²) in [7, 11) is 3.70. The number of aromatic nitrogens is 1. The first-order chi connectivity index (χ1) is 11.1. The molecule has 2 aromatic rings. The van der Waals surface area contributed by atoms with E-state index in [-0.39, 0.29) is 11.9 Å². The second-order valence-electron chi connectivity index (χ2n) is 6.64. The van der Waals surface area contributed by atoms with Gasteiger partial charge in [0.05, 0.1) is 18.7 Å². The Morgan fingerprint density at radius 2 is 2.09 bits per heavy atom. The molecule has 2 bridgehead atoms. The third kappa shape index (κ3) is 2.24. The van der Waals surface area contributed by atoms with Crippen molar-refractivity contribution in [1.29, 1.82) is 0 Å². The molecule has 23 heavy (non-hydrogen) atoms. The van der Waals surface area contributed by atoms with E-state index in [0.717, 1.165) is 52.7 Å². The Balaban J connectivity index is 1.85.